The van der Waals surface area contributed by atoms with E-state index in [1.165, 1.54) is 238 Å². The van der Waals surface area contributed by atoms with Crippen LogP contribution in [0.1, 0.15) is 342 Å². The van der Waals surface area contributed by atoms with Gasteiger partial charge < -0.3 is 14.2 Å². The molecule has 0 aromatic rings. The molecule has 6 nitrogen and oxygen atoms in total. The number of rotatable bonds is 55. The van der Waals surface area contributed by atoms with Gasteiger partial charge in [-0.2, -0.15) is 0 Å². The molecular formula is C60H116O6. The van der Waals surface area contributed by atoms with Gasteiger partial charge in [0.1, 0.15) is 13.2 Å². The molecule has 0 saturated carbocycles. The van der Waals surface area contributed by atoms with E-state index in [9.17, 15) is 14.4 Å². The lowest BCUT2D eigenvalue weighted by Crippen LogP contribution is -2.30. The minimum atomic E-state index is -0.762. The summed E-state index contributed by atoms with van der Waals surface area (Å²) in [6.45, 7) is 9.05. The van der Waals surface area contributed by atoms with E-state index in [2.05, 4.69) is 27.7 Å². The summed E-state index contributed by atoms with van der Waals surface area (Å²) in [6.07, 6.45) is 59.6. The fourth-order valence-corrected chi connectivity index (χ4v) is 9.28. The summed E-state index contributed by atoms with van der Waals surface area (Å²) < 4.78 is 16.9. The molecule has 0 saturated heterocycles. The molecule has 66 heavy (non-hydrogen) atoms. The average Bonchev–Trinajstić information content (AvgIpc) is 3.30. The van der Waals surface area contributed by atoms with Gasteiger partial charge in [0.05, 0.1) is 0 Å². The number of hydrogen-bond donors (Lipinski definition) is 0. The highest BCUT2D eigenvalue weighted by Gasteiger charge is 2.19. The van der Waals surface area contributed by atoms with Crippen molar-refractivity contribution in [3.63, 3.8) is 0 Å². The second-order valence-electron chi connectivity index (χ2n) is 21.1. The van der Waals surface area contributed by atoms with E-state index in [0.717, 1.165) is 63.7 Å². The maximum Gasteiger partial charge on any atom is 0.306 e. The van der Waals surface area contributed by atoms with Crippen LogP contribution in [0, 0.1) is 5.92 Å². The van der Waals surface area contributed by atoms with Crippen LogP contribution in [0.15, 0.2) is 0 Å². The SMILES string of the molecule is CCCCCCCCCCCCCCCCCCCCCC(=O)O[C@H](COC(=O)CCCCCCCCCCCCCCCCCC)COC(=O)CCCCCCCCCCCCC(C)C. The van der Waals surface area contributed by atoms with Gasteiger partial charge in [0.15, 0.2) is 6.10 Å². The number of carbonyl (C=O) groups excluding carboxylic acids is 3. The molecule has 0 fully saturated rings. The number of carbonyl (C=O) groups is 3. The maximum atomic E-state index is 12.9. The summed E-state index contributed by atoms with van der Waals surface area (Å²) in [7, 11) is 0. The lowest BCUT2D eigenvalue weighted by atomic mass is 10.0. The molecule has 0 spiro atoms. The van der Waals surface area contributed by atoms with Crippen molar-refractivity contribution in [2.24, 2.45) is 5.92 Å². The summed E-state index contributed by atoms with van der Waals surface area (Å²) in [5, 5.41) is 0. The van der Waals surface area contributed by atoms with Crippen molar-refractivity contribution in [3.8, 4) is 0 Å². The first-order valence-corrected chi connectivity index (χ1v) is 29.9. The largest absolute Gasteiger partial charge is 0.462 e. The molecule has 392 valence electrons. The van der Waals surface area contributed by atoms with E-state index < -0.39 is 6.10 Å². The molecule has 0 radical (unpaired) electrons. The maximum absolute atomic E-state index is 12.9. The molecule has 0 aliphatic heterocycles. The molecule has 0 aliphatic carbocycles. The zero-order chi connectivity index (χ0) is 48.1. The summed E-state index contributed by atoms with van der Waals surface area (Å²) in [5.41, 5.74) is 0. The van der Waals surface area contributed by atoms with E-state index in [-0.39, 0.29) is 31.1 Å². The highest BCUT2D eigenvalue weighted by molar-refractivity contribution is 5.71. The number of ether oxygens (including phenoxy) is 3. The van der Waals surface area contributed by atoms with Crippen LogP contribution in [0.4, 0.5) is 0 Å². The van der Waals surface area contributed by atoms with Gasteiger partial charge >= 0.3 is 17.9 Å². The second kappa shape index (κ2) is 54.4. The summed E-state index contributed by atoms with van der Waals surface area (Å²) in [6, 6.07) is 0. The van der Waals surface area contributed by atoms with E-state index in [1.807, 2.05) is 0 Å². The highest BCUT2D eigenvalue weighted by Crippen LogP contribution is 2.18. The molecule has 0 heterocycles. The van der Waals surface area contributed by atoms with Crippen LogP contribution >= 0.6 is 0 Å². The van der Waals surface area contributed by atoms with E-state index in [0.29, 0.717) is 19.3 Å². The van der Waals surface area contributed by atoms with Crippen LogP contribution in [0.5, 0.6) is 0 Å². The predicted octanol–water partition coefficient (Wildman–Crippen LogP) is 19.8. The van der Waals surface area contributed by atoms with E-state index in [1.54, 1.807) is 0 Å². The first-order valence-electron chi connectivity index (χ1n) is 29.9. The zero-order valence-electron chi connectivity index (χ0n) is 45.2. The van der Waals surface area contributed by atoms with Crippen LogP contribution in [0.2, 0.25) is 0 Å². The first-order chi connectivity index (χ1) is 32.4. The Morgan fingerprint density at radius 3 is 0.742 bits per heavy atom. The minimum Gasteiger partial charge on any atom is -0.462 e. The Labute approximate surface area is 412 Å². The number of esters is 3. The Bertz CT molecular complexity index is 996. The Morgan fingerprint density at radius 1 is 0.288 bits per heavy atom. The van der Waals surface area contributed by atoms with Crippen LogP contribution in [-0.4, -0.2) is 37.2 Å². The molecule has 0 unspecified atom stereocenters. The van der Waals surface area contributed by atoms with Crippen LogP contribution in [0.3, 0.4) is 0 Å². The fourth-order valence-electron chi connectivity index (χ4n) is 9.28. The topological polar surface area (TPSA) is 78.9 Å². The molecule has 0 amide bonds. The monoisotopic (exact) mass is 933 g/mol. The van der Waals surface area contributed by atoms with Crippen molar-refractivity contribution in [1.82, 2.24) is 0 Å². The predicted molar refractivity (Wildman–Crippen MR) is 284 cm³/mol. The molecule has 0 aliphatic rings. The number of hydrogen-bond acceptors (Lipinski definition) is 6. The molecule has 1 atom stereocenters. The molecule has 0 N–H and O–H groups in total. The Morgan fingerprint density at radius 2 is 0.500 bits per heavy atom. The van der Waals surface area contributed by atoms with Crippen molar-refractivity contribution < 1.29 is 28.6 Å². The van der Waals surface area contributed by atoms with Crippen LogP contribution in [0.25, 0.3) is 0 Å². The molecule has 0 rings (SSSR count). The third kappa shape index (κ3) is 53.4. The van der Waals surface area contributed by atoms with Crippen molar-refractivity contribution in [3.05, 3.63) is 0 Å². The van der Waals surface area contributed by atoms with Gasteiger partial charge in [-0.15, -0.1) is 0 Å². The fraction of sp³-hybridized carbons (Fsp3) is 0.950. The molecular weight excluding hydrogens is 817 g/mol. The standard InChI is InChI=1S/C60H116O6/c1-5-7-9-11-13-15-17-19-21-23-24-25-27-29-31-37-41-45-49-53-60(63)66-57(55-65-59(62)52-48-44-40-36-33-32-34-38-42-46-50-56(3)4)54-64-58(61)51-47-43-39-35-30-28-26-22-20-18-16-14-12-10-8-6-2/h56-57H,5-55H2,1-4H3/t57-/m1/s1. The summed E-state index contributed by atoms with van der Waals surface area (Å²) >= 11 is 0. The van der Waals surface area contributed by atoms with E-state index in [4.69, 9.17) is 14.2 Å². The van der Waals surface area contributed by atoms with Crippen LogP contribution < -0.4 is 0 Å². The number of unbranched alkanes of at least 4 members (excludes halogenated alkanes) is 42. The minimum absolute atomic E-state index is 0.0619. The molecule has 0 aromatic heterocycles. The van der Waals surface area contributed by atoms with Crippen molar-refractivity contribution >= 4 is 17.9 Å². The lowest BCUT2D eigenvalue weighted by molar-refractivity contribution is -0.167. The van der Waals surface area contributed by atoms with Crippen molar-refractivity contribution in [2.75, 3.05) is 13.2 Å². The average molecular weight is 934 g/mol. The van der Waals surface area contributed by atoms with Crippen LogP contribution in [-0.2, 0) is 28.6 Å². The van der Waals surface area contributed by atoms with E-state index >= 15 is 0 Å². The quantitative estimate of drug-likeness (QED) is 0.0343. The van der Waals surface area contributed by atoms with Crippen molar-refractivity contribution in [2.45, 2.75) is 348 Å². The molecule has 6 heteroatoms. The summed E-state index contributed by atoms with van der Waals surface area (Å²) in [4.78, 5) is 38.2. The van der Waals surface area contributed by atoms with Gasteiger partial charge in [-0.25, -0.2) is 0 Å². The van der Waals surface area contributed by atoms with Gasteiger partial charge in [-0.3, -0.25) is 14.4 Å². The Balaban J connectivity index is 4.28. The first kappa shape index (κ1) is 64.4. The third-order valence-electron chi connectivity index (χ3n) is 13.8. The lowest BCUT2D eigenvalue weighted by Gasteiger charge is -2.18. The van der Waals surface area contributed by atoms with Gasteiger partial charge in [0.25, 0.3) is 0 Å². The highest BCUT2D eigenvalue weighted by atomic mass is 16.6. The smallest absolute Gasteiger partial charge is 0.306 e. The molecule has 0 bridgehead atoms. The van der Waals surface area contributed by atoms with Gasteiger partial charge in [0.2, 0.25) is 0 Å². The third-order valence-corrected chi connectivity index (χ3v) is 13.8. The second-order valence-corrected chi connectivity index (χ2v) is 21.1. The zero-order valence-corrected chi connectivity index (χ0v) is 45.2. The Hall–Kier alpha value is -1.59. The van der Waals surface area contributed by atoms with Gasteiger partial charge in [0, 0.05) is 19.3 Å². The normalized spacial score (nSPS) is 12.0. The van der Waals surface area contributed by atoms with Gasteiger partial charge in [-0.05, 0) is 25.2 Å². The van der Waals surface area contributed by atoms with Gasteiger partial charge in [-0.1, -0.05) is 304 Å². The van der Waals surface area contributed by atoms with Crippen molar-refractivity contribution in [1.29, 1.82) is 0 Å². The summed E-state index contributed by atoms with van der Waals surface area (Å²) in [5.74, 6) is -0.0157. The Kier molecular flexibility index (Phi) is 53.0. The molecule has 0 aromatic carbocycles.